The van der Waals surface area contributed by atoms with Crippen LogP contribution in [0, 0.1) is 6.92 Å². The van der Waals surface area contributed by atoms with Crippen LogP contribution in [0.15, 0.2) is 37.9 Å². The Morgan fingerprint density at radius 2 is 1.89 bits per heavy atom. The highest BCUT2D eigenvalue weighted by Gasteiger charge is 2.24. The van der Waals surface area contributed by atoms with Crippen LogP contribution in [-0.4, -0.2) is 11.7 Å². The van der Waals surface area contributed by atoms with Crippen molar-refractivity contribution in [3.8, 4) is 0 Å². The molecule has 2 unspecified atom stereocenters. The lowest BCUT2D eigenvalue weighted by Gasteiger charge is -2.22. The molecule has 0 amide bonds. The average molecular weight is 405 g/mol. The molecule has 5 heteroatoms. The standard InChI is InChI=1S/C14H15Br2NOS/c1-8-2-4-9(5-3-8)11(7-17)13(18)10-6-12(15)19-14(10)16/h2-6,11,13,18H,7,17H2,1H3. The molecule has 0 bridgehead atoms. The fraction of sp³-hybridized carbons (Fsp3) is 0.286. The summed E-state index contributed by atoms with van der Waals surface area (Å²) in [5.74, 6) is -0.0987. The molecule has 3 N–H and O–H groups in total. The summed E-state index contributed by atoms with van der Waals surface area (Å²) in [5.41, 5.74) is 9.00. The largest absolute Gasteiger partial charge is 0.388 e. The molecule has 2 rings (SSSR count). The Kier molecular flexibility index (Phi) is 5.20. The van der Waals surface area contributed by atoms with E-state index in [2.05, 4.69) is 31.9 Å². The van der Waals surface area contributed by atoms with Gasteiger partial charge in [-0.25, -0.2) is 0 Å². The molecule has 2 nitrogen and oxygen atoms in total. The maximum atomic E-state index is 10.6. The average Bonchev–Trinajstić information content (AvgIpc) is 2.71. The summed E-state index contributed by atoms with van der Waals surface area (Å²) < 4.78 is 1.94. The third kappa shape index (κ3) is 3.47. The molecule has 2 atom stereocenters. The van der Waals surface area contributed by atoms with Gasteiger partial charge >= 0.3 is 0 Å². The van der Waals surface area contributed by atoms with Gasteiger partial charge < -0.3 is 10.8 Å². The SMILES string of the molecule is Cc1ccc(C(CN)C(O)c2cc(Br)sc2Br)cc1. The van der Waals surface area contributed by atoms with Crippen LogP contribution in [0.4, 0.5) is 0 Å². The van der Waals surface area contributed by atoms with Crippen LogP contribution >= 0.6 is 43.2 Å². The molecule has 2 aromatic rings. The van der Waals surface area contributed by atoms with E-state index in [-0.39, 0.29) is 5.92 Å². The third-order valence-corrected chi connectivity index (χ3v) is 5.53. The van der Waals surface area contributed by atoms with Crippen LogP contribution in [0.3, 0.4) is 0 Å². The first-order valence-electron chi connectivity index (χ1n) is 5.92. The number of nitrogens with two attached hydrogens (primary N) is 1. The van der Waals surface area contributed by atoms with Gasteiger partial charge in [0.1, 0.15) is 0 Å². The van der Waals surface area contributed by atoms with Gasteiger partial charge in [0, 0.05) is 18.0 Å². The predicted octanol–water partition coefficient (Wildman–Crippen LogP) is 4.36. The zero-order valence-corrected chi connectivity index (χ0v) is 14.4. The first-order chi connectivity index (χ1) is 9.02. The molecule has 0 saturated heterocycles. The number of hydrogen-bond acceptors (Lipinski definition) is 3. The van der Waals surface area contributed by atoms with E-state index in [9.17, 15) is 5.11 Å². The van der Waals surface area contributed by atoms with E-state index in [0.29, 0.717) is 6.54 Å². The van der Waals surface area contributed by atoms with Crippen LogP contribution in [0.5, 0.6) is 0 Å². The number of thiophene rings is 1. The van der Waals surface area contributed by atoms with E-state index in [0.717, 1.165) is 18.7 Å². The second-order valence-electron chi connectivity index (χ2n) is 4.48. The molecule has 19 heavy (non-hydrogen) atoms. The topological polar surface area (TPSA) is 46.2 Å². The number of aliphatic hydroxyl groups is 1. The van der Waals surface area contributed by atoms with Gasteiger partial charge in [-0.3, -0.25) is 0 Å². The number of rotatable bonds is 4. The van der Waals surface area contributed by atoms with Crippen molar-refractivity contribution in [2.45, 2.75) is 18.9 Å². The molecule has 0 spiro atoms. The highest BCUT2D eigenvalue weighted by Crippen LogP contribution is 2.40. The normalized spacial score (nSPS) is 14.4. The van der Waals surface area contributed by atoms with E-state index >= 15 is 0 Å². The summed E-state index contributed by atoms with van der Waals surface area (Å²) >= 11 is 8.48. The number of aliphatic hydroxyl groups excluding tert-OH is 1. The summed E-state index contributed by atoms with van der Waals surface area (Å²) in [5, 5.41) is 10.6. The first-order valence-corrected chi connectivity index (χ1v) is 8.32. The summed E-state index contributed by atoms with van der Waals surface area (Å²) in [6, 6.07) is 10.1. The second-order valence-corrected chi connectivity index (χ2v) is 8.23. The Morgan fingerprint density at radius 1 is 1.26 bits per heavy atom. The van der Waals surface area contributed by atoms with Crippen molar-refractivity contribution in [2.24, 2.45) is 5.73 Å². The minimum Gasteiger partial charge on any atom is -0.388 e. The van der Waals surface area contributed by atoms with Crippen LogP contribution in [-0.2, 0) is 0 Å². The summed E-state index contributed by atoms with van der Waals surface area (Å²) in [6.07, 6.45) is -0.607. The molecule has 0 aliphatic rings. The van der Waals surface area contributed by atoms with E-state index in [1.54, 1.807) is 11.3 Å². The zero-order chi connectivity index (χ0) is 14.0. The van der Waals surface area contributed by atoms with Crippen molar-refractivity contribution in [1.29, 1.82) is 0 Å². The van der Waals surface area contributed by atoms with Gasteiger partial charge in [0.2, 0.25) is 0 Å². The van der Waals surface area contributed by atoms with E-state index < -0.39 is 6.10 Å². The quantitative estimate of drug-likeness (QED) is 0.795. The van der Waals surface area contributed by atoms with Gasteiger partial charge in [-0.05, 0) is 50.4 Å². The number of hydrogen-bond donors (Lipinski definition) is 2. The van der Waals surface area contributed by atoms with Crippen LogP contribution in [0.2, 0.25) is 0 Å². The maximum absolute atomic E-state index is 10.6. The van der Waals surface area contributed by atoms with Crippen molar-refractivity contribution >= 4 is 43.2 Å². The zero-order valence-electron chi connectivity index (χ0n) is 10.4. The van der Waals surface area contributed by atoms with Crippen molar-refractivity contribution in [2.75, 3.05) is 6.54 Å². The van der Waals surface area contributed by atoms with Crippen LogP contribution < -0.4 is 5.73 Å². The maximum Gasteiger partial charge on any atom is 0.0890 e. The van der Waals surface area contributed by atoms with Crippen molar-refractivity contribution in [3.63, 3.8) is 0 Å². The minimum atomic E-state index is -0.607. The van der Waals surface area contributed by atoms with Crippen molar-refractivity contribution in [1.82, 2.24) is 0 Å². The van der Waals surface area contributed by atoms with Gasteiger partial charge in [0.05, 0.1) is 13.7 Å². The van der Waals surface area contributed by atoms with Gasteiger partial charge in [-0.15, -0.1) is 11.3 Å². The number of benzene rings is 1. The lowest BCUT2D eigenvalue weighted by Crippen LogP contribution is -2.20. The highest BCUT2D eigenvalue weighted by molar-refractivity contribution is 9.12. The monoisotopic (exact) mass is 403 g/mol. The molecular formula is C14H15Br2NOS. The number of aryl methyl sites for hydroxylation is 1. The Bertz CT molecular complexity index is 553. The molecular weight excluding hydrogens is 390 g/mol. The van der Waals surface area contributed by atoms with Crippen LogP contribution in [0.1, 0.15) is 28.7 Å². The summed E-state index contributed by atoms with van der Waals surface area (Å²) in [7, 11) is 0. The summed E-state index contributed by atoms with van der Waals surface area (Å²) in [4.78, 5) is 0. The molecule has 0 saturated carbocycles. The molecule has 0 aliphatic carbocycles. The molecule has 0 radical (unpaired) electrons. The van der Waals surface area contributed by atoms with Gasteiger partial charge in [-0.1, -0.05) is 29.8 Å². The van der Waals surface area contributed by atoms with Crippen molar-refractivity contribution < 1.29 is 5.11 Å². The van der Waals surface area contributed by atoms with Crippen LogP contribution in [0.25, 0.3) is 0 Å². The Balaban J connectivity index is 2.31. The third-order valence-electron chi connectivity index (χ3n) is 3.14. The lowest BCUT2D eigenvalue weighted by atomic mass is 9.90. The second kappa shape index (κ2) is 6.50. The van der Waals surface area contributed by atoms with E-state index in [4.69, 9.17) is 5.73 Å². The Morgan fingerprint density at radius 3 is 2.37 bits per heavy atom. The molecule has 1 aromatic carbocycles. The number of halogens is 2. The highest BCUT2D eigenvalue weighted by atomic mass is 79.9. The molecule has 0 aliphatic heterocycles. The van der Waals surface area contributed by atoms with Gasteiger partial charge in [-0.2, -0.15) is 0 Å². The van der Waals surface area contributed by atoms with Gasteiger partial charge in [0.15, 0.2) is 0 Å². The van der Waals surface area contributed by atoms with Gasteiger partial charge in [0.25, 0.3) is 0 Å². The lowest BCUT2D eigenvalue weighted by molar-refractivity contribution is 0.147. The Labute approximate surface area is 133 Å². The van der Waals surface area contributed by atoms with Crippen molar-refractivity contribution in [3.05, 3.63) is 54.6 Å². The Hall–Kier alpha value is -0.200. The molecule has 1 aromatic heterocycles. The first kappa shape index (κ1) is 15.2. The fourth-order valence-corrected chi connectivity index (χ4v) is 4.94. The molecule has 102 valence electrons. The smallest absolute Gasteiger partial charge is 0.0890 e. The molecule has 0 fully saturated rings. The predicted molar refractivity (Wildman–Crippen MR) is 87.7 cm³/mol. The fourth-order valence-electron chi connectivity index (χ4n) is 2.03. The summed E-state index contributed by atoms with van der Waals surface area (Å²) in [6.45, 7) is 2.45. The van der Waals surface area contributed by atoms with E-state index in [1.165, 1.54) is 5.56 Å². The van der Waals surface area contributed by atoms with E-state index in [1.807, 2.05) is 37.3 Å². The minimum absolute atomic E-state index is 0.0987. The molecule has 1 heterocycles.